The van der Waals surface area contributed by atoms with Gasteiger partial charge in [-0.3, -0.25) is 9.59 Å². The number of ketones is 1. The summed E-state index contributed by atoms with van der Waals surface area (Å²) < 4.78 is 12.3. The highest BCUT2D eigenvalue weighted by molar-refractivity contribution is 6.64. The van der Waals surface area contributed by atoms with Crippen molar-refractivity contribution in [3.8, 4) is 33.8 Å². The van der Waals surface area contributed by atoms with Gasteiger partial charge in [0, 0.05) is 49.1 Å². The van der Waals surface area contributed by atoms with Gasteiger partial charge in [0.2, 0.25) is 5.24 Å². The number of hydrogen-bond donors (Lipinski definition) is 1. The molecule has 2 N–H and O–H groups in total. The third kappa shape index (κ3) is 11.4. The summed E-state index contributed by atoms with van der Waals surface area (Å²) in [6.45, 7) is 4.46. The van der Waals surface area contributed by atoms with E-state index < -0.39 is 0 Å². The number of carbonyl (C=O) groups is 2. The Labute approximate surface area is 412 Å². The largest absolute Gasteiger partial charge is 0.490 e. The molecule has 4 aromatic carbocycles. The minimum absolute atomic E-state index is 0. The quantitative estimate of drug-likeness (QED) is 0.125. The number of anilines is 1. The summed E-state index contributed by atoms with van der Waals surface area (Å²) in [4.78, 5) is 29.6. The van der Waals surface area contributed by atoms with Crippen LogP contribution in [0, 0.1) is 46.3 Å². The van der Waals surface area contributed by atoms with E-state index in [1.165, 1.54) is 85.6 Å². The van der Waals surface area contributed by atoms with Crippen molar-refractivity contribution in [2.45, 2.75) is 129 Å². The number of benzene rings is 4. The van der Waals surface area contributed by atoms with Crippen molar-refractivity contribution in [3.05, 3.63) is 103 Å². The Morgan fingerprint density at radius 1 is 0.515 bits per heavy atom. The number of halogens is 1. The number of likely N-dealkylation sites (tertiary alicyclic amines) is 2. The van der Waals surface area contributed by atoms with E-state index >= 15 is 0 Å². The molecule has 2 saturated heterocycles. The van der Waals surface area contributed by atoms with Crippen LogP contribution in [-0.4, -0.2) is 73.3 Å². The number of carbonyl (C=O) groups excluding carboxylic acids is 2. The summed E-state index contributed by atoms with van der Waals surface area (Å²) in [6, 6.07) is 33.5. The maximum Gasteiger partial charge on any atom is 0.227 e. The molecule has 0 unspecified atom stereocenters. The van der Waals surface area contributed by atoms with Gasteiger partial charge in [0.25, 0.3) is 0 Å². The second kappa shape index (κ2) is 21.0. The minimum atomic E-state index is -0.0731. The lowest BCUT2D eigenvalue weighted by Crippen LogP contribution is -2.50. The first-order chi connectivity index (χ1) is 32.4. The number of nitrogens with two attached hydrogens (primary N) is 1. The lowest BCUT2D eigenvalue weighted by atomic mass is 9.48. The Kier molecular flexibility index (Phi) is 15.1. The molecule has 0 aromatic heterocycles. The molecule has 68 heavy (non-hydrogen) atoms. The first kappa shape index (κ1) is 48.8. The van der Waals surface area contributed by atoms with Gasteiger partial charge < -0.3 is 25.0 Å². The lowest BCUT2D eigenvalue weighted by Gasteiger charge is -2.56. The molecule has 0 atom stereocenters. The van der Waals surface area contributed by atoms with Crippen LogP contribution < -0.4 is 15.2 Å². The lowest BCUT2D eigenvalue weighted by molar-refractivity contribution is -0.143. The van der Waals surface area contributed by atoms with Crippen molar-refractivity contribution in [3.63, 3.8) is 0 Å². The van der Waals surface area contributed by atoms with Crippen molar-refractivity contribution in [1.82, 2.24) is 9.80 Å². The van der Waals surface area contributed by atoms with E-state index in [1.807, 2.05) is 24.3 Å². The fraction of sp³-hybridized carbons (Fsp3) is 0.567. The number of nitrogens with zero attached hydrogens (tertiary/aromatic N) is 2. The van der Waals surface area contributed by atoms with E-state index in [0.29, 0.717) is 24.4 Å². The highest BCUT2D eigenvalue weighted by atomic mass is 35.5. The third-order valence-electron chi connectivity index (χ3n) is 17.6. The standard InChI is InChI=1S/C30H37NO2.C18H22N2O.C11H15ClO.CH4/c1-31-12-10-28(11-13-31)33-27-8-6-26(7-9-27)25-4-2-21(3-5-25)17-29(32)30-18-22-14-23(19-30)16-24(15-22)20-30;1-20-12-10-18(11-13-20)21-17-8-4-15(5-9-17)14-2-6-16(19)7-3-14;12-10(13)11-4-7-1-8(5-11)3-9(2-7)6-11;/h2-9,22-24,28H,10-20H2,1H3;2-9,18H,10-13,19H2,1H3;7-9H,1-6H2;1H4. The average molecular weight is 941 g/mol. The third-order valence-corrected chi connectivity index (χ3v) is 18.0. The van der Waals surface area contributed by atoms with Crippen molar-refractivity contribution >= 4 is 28.3 Å². The molecular formula is C60H78ClN3O4. The number of nitrogen functional groups attached to an aromatic ring is 1. The SMILES string of the molecule is C.CN1CCC(Oc2ccc(-c3ccc(CC(=O)C45CC6CC(CC(C6)C4)C5)cc3)cc2)CC1.CN1CCC(Oc2ccc(-c3ccc(N)cc3)cc2)CC1.O=C(Cl)C12CC3CC(CC(C3)C1)C2. The van der Waals surface area contributed by atoms with E-state index in [-0.39, 0.29) is 23.5 Å². The maximum atomic E-state index is 13.4. The summed E-state index contributed by atoms with van der Waals surface area (Å²) in [5.41, 5.74) is 12.4. The van der Waals surface area contributed by atoms with E-state index in [1.54, 1.807) is 0 Å². The molecule has 364 valence electrons. The summed E-state index contributed by atoms with van der Waals surface area (Å²) in [7, 11) is 4.34. The molecule has 0 radical (unpaired) electrons. The molecule has 8 aliphatic carbocycles. The number of Topliss-reactive ketones (excluding diaryl/α,β-unsaturated/α-hetero) is 1. The summed E-state index contributed by atoms with van der Waals surface area (Å²) in [5.74, 6) is 7.41. The van der Waals surface area contributed by atoms with Crippen molar-refractivity contribution in [2.24, 2.45) is 46.3 Å². The molecule has 0 spiro atoms. The van der Waals surface area contributed by atoms with Crippen LogP contribution in [0.1, 0.15) is 116 Å². The number of hydrogen-bond acceptors (Lipinski definition) is 7. The Balaban J connectivity index is 0.000000140. The van der Waals surface area contributed by atoms with Crippen molar-refractivity contribution < 1.29 is 19.1 Å². The average Bonchev–Trinajstić information content (AvgIpc) is 3.31. The van der Waals surface area contributed by atoms with Gasteiger partial charge in [0.05, 0.1) is 0 Å². The summed E-state index contributed by atoms with van der Waals surface area (Å²) in [6.07, 6.45) is 20.8. The minimum Gasteiger partial charge on any atom is -0.490 e. The van der Waals surface area contributed by atoms with Crippen molar-refractivity contribution in [2.75, 3.05) is 46.0 Å². The van der Waals surface area contributed by atoms with Crippen LogP contribution in [0.2, 0.25) is 0 Å². The van der Waals surface area contributed by atoms with Crippen LogP contribution in [0.25, 0.3) is 22.3 Å². The second-order valence-corrected chi connectivity index (χ2v) is 23.2. The molecule has 2 aliphatic heterocycles. The van der Waals surface area contributed by atoms with Gasteiger partial charge >= 0.3 is 0 Å². The van der Waals surface area contributed by atoms with E-state index in [4.69, 9.17) is 26.8 Å². The molecule has 8 bridgehead atoms. The molecule has 4 aromatic rings. The molecule has 8 heteroatoms. The predicted octanol–water partition coefficient (Wildman–Crippen LogP) is 13.2. The number of rotatable bonds is 10. The highest BCUT2D eigenvalue weighted by Crippen LogP contribution is 2.62. The van der Waals surface area contributed by atoms with Gasteiger partial charge in [0.1, 0.15) is 29.5 Å². The van der Waals surface area contributed by atoms with Crippen LogP contribution in [0.4, 0.5) is 5.69 Å². The van der Waals surface area contributed by atoms with Crippen LogP contribution in [0.15, 0.2) is 97.1 Å². The molecular weight excluding hydrogens is 862 g/mol. The van der Waals surface area contributed by atoms with Crippen LogP contribution in [0.5, 0.6) is 11.5 Å². The van der Waals surface area contributed by atoms with E-state index in [0.717, 1.165) is 124 Å². The number of piperidine rings is 2. The maximum absolute atomic E-state index is 13.4. The Morgan fingerprint density at radius 2 is 0.824 bits per heavy atom. The Morgan fingerprint density at radius 3 is 1.16 bits per heavy atom. The topological polar surface area (TPSA) is 85.1 Å². The molecule has 7 nitrogen and oxygen atoms in total. The van der Waals surface area contributed by atoms with Gasteiger partial charge in [-0.15, -0.1) is 0 Å². The fourth-order valence-corrected chi connectivity index (χ4v) is 14.9. The molecule has 14 rings (SSSR count). The zero-order valence-corrected chi connectivity index (χ0v) is 40.9. The van der Waals surface area contributed by atoms with E-state index in [2.05, 4.69) is 96.7 Å². The second-order valence-electron chi connectivity index (χ2n) is 22.9. The van der Waals surface area contributed by atoms with Crippen LogP contribution in [-0.2, 0) is 16.0 Å². The summed E-state index contributed by atoms with van der Waals surface area (Å²) in [5, 5.41) is -0.0356. The molecule has 2 heterocycles. The Hall–Kier alpha value is -4.17. The van der Waals surface area contributed by atoms with Gasteiger partial charge in [-0.25, -0.2) is 0 Å². The van der Waals surface area contributed by atoms with Gasteiger partial charge in [-0.1, -0.05) is 68.1 Å². The predicted molar refractivity (Wildman–Crippen MR) is 278 cm³/mol. The normalized spacial score (nSPS) is 30.6. The first-order valence-corrected chi connectivity index (χ1v) is 26.4. The molecule has 8 saturated carbocycles. The van der Waals surface area contributed by atoms with Crippen LogP contribution in [0.3, 0.4) is 0 Å². The first-order valence-electron chi connectivity index (χ1n) is 26.0. The zero-order valence-electron chi connectivity index (χ0n) is 40.2. The van der Waals surface area contributed by atoms with Gasteiger partial charge in [-0.2, -0.15) is 0 Å². The molecule has 10 aliphatic rings. The van der Waals surface area contributed by atoms with Crippen LogP contribution >= 0.6 is 11.6 Å². The van der Waals surface area contributed by atoms with Gasteiger partial charge in [0.15, 0.2) is 0 Å². The van der Waals surface area contributed by atoms with E-state index in [9.17, 15) is 9.59 Å². The van der Waals surface area contributed by atoms with Gasteiger partial charge in [-0.05, 0) is 228 Å². The zero-order chi connectivity index (χ0) is 46.1. The highest BCUT2D eigenvalue weighted by Gasteiger charge is 2.55. The molecule has 0 amide bonds. The molecule has 10 fully saturated rings. The van der Waals surface area contributed by atoms with Crippen molar-refractivity contribution in [1.29, 1.82) is 0 Å². The smallest absolute Gasteiger partial charge is 0.227 e. The fourth-order valence-electron chi connectivity index (χ4n) is 14.7. The number of ether oxygens (including phenoxy) is 2. The monoisotopic (exact) mass is 940 g/mol. The Bertz CT molecular complexity index is 2220. The summed E-state index contributed by atoms with van der Waals surface area (Å²) >= 11 is 5.76.